The van der Waals surface area contributed by atoms with Crippen LogP contribution in [0.2, 0.25) is 0 Å². The maximum atomic E-state index is 12.8. The van der Waals surface area contributed by atoms with Crippen LogP contribution in [0.25, 0.3) is 0 Å². The van der Waals surface area contributed by atoms with Gasteiger partial charge in [0, 0.05) is 33.0 Å². The minimum absolute atomic E-state index is 0.0163. The van der Waals surface area contributed by atoms with Crippen molar-refractivity contribution in [2.75, 3.05) is 19.6 Å². The third-order valence-corrected chi connectivity index (χ3v) is 3.91. The molecule has 1 aromatic rings. The van der Waals surface area contributed by atoms with Crippen LogP contribution in [0, 0.1) is 5.82 Å². The average Bonchev–Trinajstić information content (AvgIpc) is 2.61. The van der Waals surface area contributed by atoms with E-state index in [0.717, 1.165) is 24.8 Å². The van der Waals surface area contributed by atoms with Crippen LogP contribution in [0.3, 0.4) is 0 Å². The Morgan fingerprint density at radius 3 is 2.35 bits per heavy atom. The second-order valence-corrected chi connectivity index (χ2v) is 6.10. The van der Waals surface area contributed by atoms with Gasteiger partial charge < -0.3 is 15.5 Å². The molecule has 0 bridgehead atoms. The highest BCUT2D eigenvalue weighted by Gasteiger charge is 2.15. The van der Waals surface area contributed by atoms with Crippen molar-refractivity contribution >= 4 is 17.7 Å². The highest BCUT2D eigenvalue weighted by atomic mass is 19.1. The van der Waals surface area contributed by atoms with Gasteiger partial charge in [-0.2, -0.15) is 0 Å². The number of nitrogens with zero attached hydrogens (tertiary/aromatic N) is 1. The Kier molecular flexibility index (Phi) is 9.97. The number of hydrogen-bond acceptors (Lipinski definition) is 3. The molecule has 0 unspecified atom stereocenters. The lowest BCUT2D eigenvalue weighted by atomic mass is 10.1. The number of carbonyl (C=O) groups is 3. The van der Waals surface area contributed by atoms with Crippen LogP contribution < -0.4 is 10.6 Å². The first-order valence-electron chi connectivity index (χ1n) is 8.95. The third kappa shape index (κ3) is 9.15. The lowest BCUT2D eigenvalue weighted by Gasteiger charge is -2.20. The summed E-state index contributed by atoms with van der Waals surface area (Å²) in [6.07, 6.45) is 2.79. The monoisotopic (exact) mass is 365 g/mol. The van der Waals surface area contributed by atoms with Crippen LogP contribution >= 0.6 is 0 Å². The zero-order chi connectivity index (χ0) is 19.4. The summed E-state index contributed by atoms with van der Waals surface area (Å²) in [6.45, 7) is 4.71. The van der Waals surface area contributed by atoms with Gasteiger partial charge in [0.2, 0.25) is 17.7 Å². The number of nitrogens with one attached hydrogen (secondary N) is 2. The molecule has 6 nitrogen and oxygen atoms in total. The van der Waals surface area contributed by atoms with Gasteiger partial charge in [-0.1, -0.05) is 18.6 Å². The van der Waals surface area contributed by atoms with Gasteiger partial charge in [0.25, 0.3) is 0 Å². The lowest BCUT2D eigenvalue weighted by molar-refractivity contribution is -0.136. The summed E-state index contributed by atoms with van der Waals surface area (Å²) in [5, 5.41) is 5.45. The number of benzene rings is 1. The zero-order valence-electron chi connectivity index (χ0n) is 15.5. The smallest absolute Gasteiger partial charge is 0.239 e. The summed E-state index contributed by atoms with van der Waals surface area (Å²) in [5.74, 6) is -0.663. The van der Waals surface area contributed by atoms with E-state index in [1.807, 2.05) is 6.92 Å². The summed E-state index contributed by atoms with van der Waals surface area (Å²) >= 11 is 0. The summed E-state index contributed by atoms with van der Waals surface area (Å²) in [5.41, 5.74) is 0.799. The van der Waals surface area contributed by atoms with Crippen LogP contribution in [0.15, 0.2) is 24.3 Å². The summed E-state index contributed by atoms with van der Waals surface area (Å²) in [4.78, 5) is 36.5. The molecule has 0 aromatic heterocycles. The topological polar surface area (TPSA) is 78.5 Å². The molecule has 0 aliphatic carbocycles. The molecule has 1 rings (SSSR count). The Bertz CT molecular complexity index is 590. The molecule has 1 aromatic carbocycles. The Balaban J connectivity index is 2.26. The average molecular weight is 365 g/mol. The number of likely N-dealkylation sites (N-methyl/N-ethyl adjacent to an activating group) is 1. The maximum absolute atomic E-state index is 12.8. The molecule has 2 N–H and O–H groups in total. The van der Waals surface area contributed by atoms with Gasteiger partial charge in [0.15, 0.2) is 0 Å². The third-order valence-electron chi connectivity index (χ3n) is 3.91. The second-order valence-electron chi connectivity index (χ2n) is 6.10. The fraction of sp³-hybridized carbons (Fsp3) is 0.526. The molecule has 0 fully saturated rings. The number of amides is 3. The molecule has 0 heterocycles. The lowest BCUT2D eigenvalue weighted by Crippen LogP contribution is -2.40. The van der Waals surface area contributed by atoms with Crippen molar-refractivity contribution in [3.05, 3.63) is 35.6 Å². The molecular formula is C19H28FN3O3. The molecule has 3 amide bonds. The van der Waals surface area contributed by atoms with E-state index in [4.69, 9.17) is 0 Å². The van der Waals surface area contributed by atoms with Gasteiger partial charge in [0.1, 0.15) is 5.82 Å². The summed E-state index contributed by atoms with van der Waals surface area (Å²) in [7, 11) is 0. The highest BCUT2D eigenvalue weighted by Crippen LogP contribution is 2.04. The van der Waals surface area contributed by atoms with Crippen LogP contribution in [0.1, 0.15) is 45.1 Å². The van der Waals surface area contributed by atoms with E-state index < -0.39 is 0 Å². The molecule has 0 radical (unpaired) electrons. The van der Waals surface area contributed by atoms with Gasteiger partial charge in [-0.15, -0.1) is 0 Å². The molecular weight excluding hydrogens is 337 g/mol. The zero-order valence-corrected chi connectivity index (χ0v) is 15.5. The van der Waals surface area contributed by atoms with E-state index in [2.05, 4.69) is 10.6 Å². The van der Waals surface area contributed by atoms with Crippen LogP contribution in [0.5, 0.6) is 0 Å². The first-order valence-corrected chi connectivity index (χ1v) is 8.95. The predicted molar refractivity (Wildman–Crippen MR) is 97.7 cm³/mol. The number of hydrogen-bond donors (Lipinski definition) is 2. The molecule has 26 heavy (non-hydrogen) atoms. The van der Waals surface area contributed by atoms with Crippen molar-refractivity contribution in [2.45, 2.75) is 46.1 Å². The van der Waals surface area contributed by atoms with Gasteiger partial charge in [-0.3, -0.25) is 14.4 Å². The molecule has 0 spiro atoms. The van der Waals surface area contributed by atoms with E-state index in [1.165, 1.54) is 24.0 Å². The van der Waals surface area contributed by atoms with Crippen LogP contribution in [0.4, 0.5) is 4.39 Å². The molecule has 0 aliphatic heterocycles. The fourth-order valence-electron chi connectivity index (χ4n) is 2.41. The largest absolute Gasteiger partial charge is 0.356 e. The molecule has 0 saturated heterocycles. The number of carbonyl (C=O) groups excluding carboxylic acids is 3. The second kappa shape index (κ2) is 12.0. The van der Waals surface area contributed by atoms with E-state index in [1.54, 1.807) is 12.1 Å². The number of unbranched alkanes of at least 4 members (excludes halogenated alkanes) is 2. The SMILES string of the molecule is CCN(CC(=O)NCc1ccc(F)cc1)C(=O)CCCCCNC(C)=O. The van der Waals surface area contributed by atoms with Crippen molar-refractivity contribution in [1.29, 1.82) is 0 Å². The van der Waals surface area contributed by atoms with Gasteiger partial charge in [-0.05, 0) is 37.5 Å². The Morgan fingerprint density at radius 2 is 1.73 bits per heavy atom. The van der Waals surface area contributed by atoms with Crippen molar-refractivity contribution in [2.24, 2.45) is 0 Å². The van der Waals surface area contributed by atoms with Crippen molar-refractivity contribution < 1.29 is 18.8 Å². The predicted octanol–water partition coefficient (Wildman–Crippen LogP) is 1.99. The highest BCUT2D eigenvalue weighted by molar-refractivity contribution is 5.84. The normalized spacial score (nSPS) is 10.3. The molecule has 0 saturated carbocycles. The minimum atomic E-state index is -0.320. The Morgan fingerprint density at radius 1 is 1.04 bits per heavy atom. The standard InChI is InChI=1S/C19H28FN3O3/c1-3-23(19(26)7-5-4-6-12-21-15(2)24)14-18(25)22-13-16-8-10-17(20)11-9-16/h8-11H,3-7,12-14H2,1-2H3,(H,21,24)(H,22,25). The fourth-order valence-corrected chi connectivity index (χ4v) is 2.41. The summed E-state index contributed by atoms with van der Waals surface area (Å²) < 4.78 is 12.8. The molecule has 0 atom stereocenters. The van der Waals surface area contributed by atoms with Crippen molar-refractivity contribution in [1.82, 2.24) is 15.5 Å². The van der Waals surface area contributed by atoms with E-state index in [-0.39, 0.29) is 30.1 Å². The first kappa shape index (κ1) is 21.6. The molecule has 144 valence electrons. The van der Waals surface area contributed by atoms with Crippen molar-refractivity contribution in [3.8, 4) is 0 Å². The van der Waals surface area contributed by atoms with E-state index >= 15 is 0 Å². The Labute approximate surface area is 154 Å². The van der Waals surface area contributed by atoms with Gasteiger partial charge in [0.05, 0.1) is 6.54 Å². The first-order chi connectivity index (χ1) is 12.4. The maximum Gasteiger partial charge on any atom is 0.239 e. The van der Waals surface area contributed by atoms with Gasteiger partial charge >= 0.3 is 0 Å². The number of halogens is 1. The van der Waals surface area contributed by atoms with Gasteiger partial charge in [-0.25, -0.2) is 4.39 Å². The quantitative estimate of drug-likeness (QED) is 0.589. The van der Waals surface area contributed by atoms with E-state index in [9.17, 15) is 18.8 Å². The van der Waals surface area contributed by atoms with Crippen LogP contribution in [-0.4, -0.2) is 42.3 Å². The Hall–Kier alpha value is -2.44. The minimum Gasteiger partial charge on any atom is -0.356 e. The van der Waals surface area contributed by atoms with Crippen molar-refractivity contribution in [3.63, 3.8) is 0 Å². The summed E-state index contributed by atoms with van der Waals surface area (Å²) in [6, 6.07) is 5.91. The number of rotatable bonds is 11. The van der Waals surface area contributed by atoms with Crippen LogP contribution in [-0.2, 0) is 20.9 Å². The molecule has 0 aliphatic rings. The molecule has 7 heteroatoms. The van der Waals surface area contributed by atoms with E-state index in [0.29, 0.717) is 26.1 Å².